The van der Waals surface area contributed by atoms with Crippen molar-refractivity contribution in [2.24, 2.45) is 0 Å². The van der Waals surface area contributed by atoms with Gasteiger partial charge in [-0.15, -0.1) is 0 Å². The van der Waals surface area contributed by atoms with Crippen LogP contribution in [0.5, 0.6) is 17.2 Å². The second-order valence-electron chi connectivity index (χ2n) is 26.6. The first-order valence-corrected chi connectivity index (χ1v) is 36.9. The van der Waals surface area contributed by atoms with Crippen LogP contribution in [0.2, 0.25) is 0 Å². The Morgan fingerprint density at radius 1 is 0.268 bits per heavy atom. The summed E-state index contributed by atoms with van der Waals surface area (Å²) in [4.78, 5) is 41.9. The number of benzene rings is 14. The molecule has 14 aromatic carbocycles. The summed E-state index contributed by atoms with van der Waals surface area (Å²) < 4.78 is 15.9. The van der Waals surface area contributed by atoms with Crippen LogP contribution in [-0.4, -0.2) is 17.9 Å². The normalized spacial score (nSPS) is 11.0. The molecule has 14 aromatic rings. The van der Waals surface area contributed by atoms with Gasteiger partial charge in [0.1, 0.15) is 17.2 Å². The molecule has 112 heavy (non-hydrogen) atoms. The Balaban J connectivity index is 0.000000156. The van der Waals surface area contributed by atoms with E-state index in [1.54, 1.807) is 38.1 Å². The molecule has 0 aliphatic carbocycles. The van der Waals surface area contributed by atoms with E-state index in [9.17, 15) is 14.4 Å². The third-order valence-electron chi connectivity index (χ3n) is 18.1. The van der Waals surface area contributed by atoms with Gasteiger partial charge in [0.15, 0.2) is 0 Å². The Morgan fingerprint density at radius 2 is 0.491 bits per heavy atom. The summed E-state index contributed by atoms with van der Waals surface area (Å²) in [5.41, 5.74) is 23.8. The Bertz CT molecular complexity index is 5420. The first kappa shape index (κ1) is 77.0. The van der Waals surface area contributed by atoms with E-state index in [2.05, 4.69) is 309 Å². The van der Waals surface area contributed by atoms with Gasteiger partial charge in [-0.25, -0.2) is 14.4 Å². The van der Waals surface area contributed by atoms with Crippen molar-refractivity contribution < 1.29 is 28.6 Å². The highest BCUT2D eigenvalue weighted by Gasteiger charge is 2.18. The number of carbonyl (C=O) groups excluding carboxylic acids is 3. The van der Waals surface area contributed by atoms with Crippen molar-refractivity contribution in [2.45, 2.75) is 27.7 Å². The topological polar surface area (TPSA) is 88.6 Å². The summed E-state index contributed by atoms with van der Waals surface area (Å²) in [6, 6.07) is 127. The van der Waals surface area contributed by atoms with Crippen molar-refractivity contribution in [3.8, 4) is 17.2 Å². The molecule has 0 fully saturated rings. The summed E-state index contributed by atoms with van der Waals surface area (Å²) in [6.45, 7) is 18.2. The minimum absolute atomic E-state index is 0.366. The van der Waals surface area contributed by atoms with Gasteiger partial charge in [0, 0.05) is 68.4 Å². The number of anilines is 9. The van der Waals surface area contributed by atoms with E-state index in [4.69, 9.17) is 14.2 Å². The van der Waals surface area contributed by atoms with E-state index in [0.29, 0.717) is 28.4 Å². The lowest BCUT2D eigenvalue weighted by Gasteiger charge is -2.25. The predicted octanol–water partition coefficient (Wildman–Crippen LogP) is 26.5. The second-order valence-corrected chi connectivity index (χ2v) is 26.6. The van der Waals surface area contributed by atoms with E-state index in [1.807, 2.05) is 115 Å². The minimum atomic E-state index is -0.475. The molecule has 0 radical (unpaired) electrons. The summed E-state index contributed by atoms with van der Waals surface area (Å²) in [6.07, 6.45) is 9.63. The van der Waals surface area contributed by atoms with Crippen LogP contribution in [-0.2, 0) is 14.4 Å². The molecule has 9 heteroatoms. The fraction of sp³-hybridized carbons (Fsp3) is 0.0388. The third kappa shape index (κ3) is 21.1. The van der Waals surface area contributed by atoms with Gasteiger partial charge in [0.2, 0.25) is 0 Å². The van der Waals surface area contributed by atoms with E-state index in [0.717, 1.165) is 113 Å². The van der Waals surface area contributed by atoms with Gasteiger partial charge in [-0.05, 0) is 241 Å². The Hall–Kier alpha value is -14.7. The maximum absolute atomic E-state index is 11.9. The van der Waals surface area contributed by atoms with Crippen LogP contribution in [0.25, 0.3) is 35.5 Å². The number of rotatable bonds is 23. The molecule has 0 aliphatic rings. The molecule has 548 valence electrons. The average Bonchev–Trinajstić information content (AvgIpc) is 0.792. The highest BCUT2D eigenvalue weighted by molar-refractivity contribution is 5.95. The van der Waals surface area contributed by atoms with E-state index in [-0.39, 0.29) is 0 Å². The van der Waals surface area contributed by atoms with Crippen LogP contribution in [0, 0.1) is 13.8 Å². The maximum Gasteiger partial charge on any atom is 0.338 e. The van der Waals surface area contributed by atoms with Crippen LogP contribution in [0.4, 0.5) is 51.2 Å². The van der Waals surface area contributed by atoms with Gasteiger partial charge < -0.3 is 28.9 Å². The fourth-order valence-corrected chi connectivity index (χ4v) is 12.2. The molecule has 0 saturated heterocycles. The quantitative estimate of drug-likeness (QED) is 0.0269. The zero-order valence-corrected chi connectivity index (χ0v) is 63.1. The van der Waals surface area contributed by atoms with Crippen molar-refractivity contribution in [3.63, 3.8) is 0 Å². The second kappa shape index (κ2) is 38.2. The average molecular weight is 1460 g/mol. The number of hydrogen-bond donors (Lipinski definition) is 0. The van der Waals surface area contributed by atoms with Gasteiger partial charge >= 0.3 is 17.9 Å². The monoisotopic (exact) mass is 1460 g/mol. The fourth-order valence-electron chi connectivity index (χ4n) is 12.2. The molecule has 0 heterocycles. The van der Waals surface area contributed by atoms with Crippen LogP contribution < -0.4 is 28.9 Å². The Kier molecular flexibility index (Phi) is 26.3. The van der Waals surface area contributed by atoms with Crippen LogP contribution in [0.3, 0.4) is 0 Å². The summed E-state index contributed by atoms with van der Waals surface area (Å²) in [5.74, 6) is 0.159. The number of esters is 3. The van der Waals surface area contributed by atoms with Crippen molar-refractivity contribution in [1.82, 2.24) is 0 Å². The van der Waals surface area contributed by atoms with Crippen LogP contribution in [0.15, 0.2) is 413 Å². The van der Waals surface area contributed by atoms with Crippen molar-refractivity contribution in [2.75, 3.05) is 14.7 Å². The number of hydrogen-bond acceptors (Lipinski definition) is 9. The zero-order chi connectivity index (χ0) is 78.0. The van der Waals surface area contributed by atoms with E-state index in [1.165, 1.54) is 11.1 Å². The molecular formula is C103H85N3O6. The van der Waals surface area contributed by atoms with Crippen LogP contribution >= 0.6 is 0 Å². The lowest BCUT2D eigenvalue weighted by Crippen LogP contribution is -2.09. The van der Waals surface area contributed by atoms with Crippen molar-refractivity contribution >= 4 is 105 Å². The Morgan fingerprint density at radius 3 is 0.768 bits per heavy atom. The molecule has 0 aromatic heterocycles. The zero-order valence-electron chi connectivity index (χ0n) is 63.1. The SMILES string of the molecule is C=C(C)C(=O)Oc1ccc(C(=Cc2ccc(N(c3ccccc3)c3ccccc3)cc2)c2ccccc2)cc1.C=C(C)C(=O)Oc1ccc(C=Cc2ccc(N(c3ccc(C)cc3)c3ccc(C)cc3)cc2)cc1.C=CC(=O)Oc1ccc(C(=Cc2ccc(N(c3ccccc3)c3ccccc3)cc2)c2ccccc2)cc1. The molecule has 0 atom stereocenters. The molecule has 0 bridgehead atoms. The highest BCUT2D eigenvalue weighted by Crippen LogP contribution is 2.39. The standard InChI is InChI=1S/C36H29NO2.C35H27NO2.C32H29NO2/c1-27(2)36(38)39-34-24-20-30(21-25-34)35(29-12-6-3-7-13-29)26-28-18-22-33(23-19-28)37(31-14-8-4-9-15-31)32-16-10-5-11-17-32;1-2-35(37)38-33-24-20-29(21-25-33)34(28-12-6-3-7-13-28)26-27-18-22-32(23-19-27)36(30-14-8-4-9-15-30)31-16-10-5-11-17-31;1-23(2)32(34)35-31-21-13-27(14-22-31)10-9-26-11-19-30(20-12-26)33(28-15-5-24(3)6-16-28)29-17-7-25(4)8-18-29/h3-26H,1H2,2H3;2-26H,1H2;5-22H,1H2,2-4H3. The van der Waals surface area contributed by atoms with Gasteiger partial charge in [-0.3, -0.25) is 0 Å². The number of carbonyl (C=O) groups is 3. The van der Waals surface area contributed by atoms with Gasteiger partial charge in [0.25, 0.3) is 0 Å². The number of ether oxygens (including phenoxy) is 3. The molecule has 0 unspecified atom stereocenters. The van der Waals surface area contributed by atoms with Crippen LogP contribution in [0.1, 0.15) is 69.5 Å². The number of nitrogens with zero attached hydrogens (tertiary/aromatic N) is 3. The summed E-state index contributed by atoms with van der Waals surface area (Å²) >= 11 is 0. The van der Waals surface area contributed by atoms with Gasteiger partial charge in [0.05, 0.1) is 0 Å². The molecule has 0 aliphatic heterocycles. The van der Waals surface area contributed by atoms with E-state index >= 15 is 0 Å². The predicted molar refractivity (Wildman–Crippen MR) is 465 cm³/mol. The smallest absolute Gasteiger partial charge is 0.338 e. The summed E-state index contributed by atoms with van der Waals surface area (Å²) in [5, 5.41) is 0. The third-order valence-corrected chi connectivity index (χ3v) is 18.1. The van der Waals surface area contributed by atoms with E-state index < -0.39 is 17.9 Å². The minimum Gasteiger partial charge on any atom is -0.423 e. The molecular weight excluding hydrogens is 1380 g/mol. The number of aryl methyl sites for hydroxylation is 2. The Labute approximate surface area is 657 Å². The molecule has 0 N–H and O–H groups in total. The molecule has 14 rings (SSSR count). The van der Waals surface area contributed by atoms with Crippen molar-refractivity contribution in [1.29, 1.82) is 0 Å². The number of para-hydroxylation sites is 4. The first-order valence-electron chi connectivity index (χ1n) is 36.9. The highest BCUT2D eigenvalue weighted by atomic mass is 16.5. The molecule has 0 saturated carbocycles. The summed E-state index contributed by atoms with van der Waals surface area (Å²) in [7, 11) is 0. The first-order chi connectivity index (χ1) is 54.7. The lowest BCUT2D eigenvalue weighted by atomic mass is 9.95. The molecule has 0 spiro atoms. The van der Waals surface area contributed by atoms with Gasteiger partial charge in [-0.1, -0.05) is 274 Å². The van der Waals surface area contributed by atoms with Gasteiger partial charge in [-0.2, -0.15) is 0 Å². The molecule has 0 amide bonds. The largest absolute Gasteiger partial charge is 0.423 e. The lowest BCUT2D eigenvalue weighted by molar-refractivity contribution is -0.130. The molecule has 9 nitrogen and oxygen atoms in total. The van der Waals surface area contributed by atoms with Crippen molar-refractivity contribution in [3.05, 3.63) is 469 Å². The maximum atomic E-state index is 11.9.